The van der Waals surface area contributed by atoms with Crippen LogP contribution in [0.4, 0.5) is 0 Å². The summed E-state index contributed by atoms with van der Waals surface area (Å²) >= 11 is 0. The summed E-state index contributed by atoms with van der Waals surface area (Å²) in [6.45, 7) is 12.4. The molecule has 3 N–H and O–H groups in total. The molecule has 0 bridgehead atoms. The summed E-state index contributed by atoms with van der Waals surface area (Å²) in [4.78, 5) is 0. The number of aryl methyl sites for hydroxylation is 2. The van der Waals surface area contributed by atoms with Gasteiger partial charge in [0.25, 0.3) is 0 Å². The third-order valence-electron chi connectivity index (χ3n) is 3.58. The van der Waals surface area contributed by atoms with Crippen LogP contribution in [0.1, 0.15) is 37.5 Å². The third-order valence-corrected chi connectivity index (χ3v) is 3.58. The van der Waals surface area contributed by atoms with Crippen LogP contribution < -0.4 is 15.8 Å². The molecule has 0 radical (unpaired) electrons. The summed E-state index contributed by atoms with van der Waals surface area (Å²) in [6.07, 6.45) is 0. The van der Waals surface area contributed by atoms with Gasteiger partial charge < -0.3 is 15.8 Å². The quantitative estimate of drug-likeness (QED) is 0.830. The van der Waals surface area contributed by atoms with E-state index < -0.39 is 0 Å². The zero-order valence-corrected chi connectivity index (χ0v) is 13.1. The fourth-order valence-corrected chi connectivity index (χ4v) is 2.20. The Hall–Kier alpha value is -1.06. The number of hydrogen-bond donors (Lipinski definition) is 2. The van der Waals surface area contributed by atoms with Crippen LogP contribution in [0, 0.1) is 13.8 Å². The van der Waals surface area contributed by atoms with E-state index in [-0.39, 0.29) is 11.5 Å². The van der Waals surface area contributed by atoms with Crippen LogP contribution in [0.2, 0.25) is 0 Å². The smallest absolute Gasteiger partial charge is 0.122 e. The maximum Gasteiger partial charge on any atom is 0.122 e. The van der Waals surface area contributed by atoms with Gasteiger partial charge in [0.15, 0.2) is 0 Å². The molecule has 1 aromatic rings. The minimum Gasteiger partial charge on any atom is -0.496 e. The molecule has 1 rings (SSSR count). The zero-order valence-electron chi connectivity index (χ0n) is 13.1. The van der Waals surface area contributed by atoms with E-state index in [2.05, 4.69) is 45.1 Å². The highest BCUT2D eigenvalue weighted by Crippen LogP contribution is 2.33. The van der Waals surface area contributed by atoms with E-state index in [0.29, 0.717) is 0 Å². The minimum absolute atomic E-state index is 0.0126. The summed E-state index contributed by atoms with van der Waals surface area (Å²) < 4.78 is 5.54. The summed E-state index contributed by atoms with van der Waals surface area (Å²) in [5, 5.41) is 3.43. The monoisotopic (exact) mass is 264 g/mol. The molecule has 1 atom stereocenters. The van der Waals surface area contributed by atoms with Crippen molar-refractivity contribution in [3.63, 3.8) is 0 Å². The highest BCUT2D eigenvalue weighted by molar-refractivity contribution is 5.45. The second-order valence-electron chi connectivity index (χ2n) is 6.13. The van der Waals surface area contributed by atoms with Gasteiger partial charge in [-0.1, -0.05) is 19.9 Å². The summed E-state index contributed by atoms with van der Waals surface area (Å²) in [5.41, 5.74) is 9.60. The lowest BCUT2D eigenvalue weighted by Crippen LogP contribution is -2.39. The van der Waals surface area contributed by atoms with Crippen LogP contribution in [-0.4, -0.2) is 26.2 Å². The highest BCUT2D eigenvalue weighted by atomic mass is 16.5. The Morgan fingerprint density at radius 2 is 1.84 bits per heavy atom. The van der Waals surface area contributed by atoms with Gasteiger partial charge in [0.1, 0.15) is 5.75 Å². The van der Waals surface area contributed by atoms with Crippen molar-refractivity contribution < 1.29 is 4.74 Å². The van der Waals surface area contributed by atoms with Gasteiger partial charge in [-0.25, -0.2) is 0 Å². The van der Waals surface area contributed by atoms with E-state index in [4.69, 9.17) is 10.5 Å². The number of nitrogens with one attached hydrogen (secondary N) is 1. The van der Waals surface area contributed by atoms with Gasteiger partial charge in [-0.05, 0) is 38.0 Å². The van der Waals surface area contributed by atoms with Gasteiger partial charge in [0.05, 0.1) is 7.11 Å². The van der Waals surface area contributed by atoms with Crippen molar-refractivity contribution in [1.82, 2.24) is 5.32 Å². The molecule has 0 heterocycles. The summed E-state index contributed by atoms with van der Waals surface area (Å²) in [5.74, 6) is 0.968. The van der Waals surface area contributed by atoms with Crippen LogP contribution in [0.25, 0.3) is 0 Å². The second-order valence-corrected chi connectivity index (χ2v) is 6.13. The molecule has 1 unspecified atom stereocenters. The normalized spacial score (nSPS) is 13.4. The van der Waals surface area contributed by atoms with Crippen molar-refractivity contribution >= 4 is 0 Å². The number of methoxy groups -OCH3 is 1. The predicted octanol–water partition coefficient (Wildman–Crippen LogP) is 2.53. The largest absolute Gasteiger partial charge is 0.496 e. The van der Waals surface area contributed by atoms with Crippen molar-refractivity contribution in [3.05, 3.63) is 28.8 Å². The average Bonchev–Trinajstić information content (AvgIpc) is 2.31. The first-order chi connectivity index (χ1) is 8.77. The van der Waals surface area contributed by atoms with Gasteiger partial charge in [-0.2, -0.15) is 0 Å². The second kappa shape index (κ2) is 6.40. The number of hydrogen-bond acceptors (Lipinski definition) is 3. The molecule has 0 fully saturated rings. The Kier molecular flexibility index (Phi) is 5.39. The molecule has 0 amide bonds. The average molecular weight is 264 g/mol. The Morgan fingerprint density at radius 3 is 2.37 bits per heavy atom. The SMILES string of the molecule is COc1cc(C)c(C)cc1C(C)(C)CNCC(C)N. The molecule has 0 aliphatic carbocycles. The topological polar surface area (TPSA) is 47.3 Å². The molecule has 0 spiro atoms. The number of nitrogens with two attached hydrogens (primary N) is 1. The van der Waals surface area contributed by atoms with Crippen molar-refractivity contribution in [3.8, 4) is 5.75 Å². The number of benzene rings is 1. The number of ether oxygens (including phenoxy) is 1. The fourth-order valence-electron chi connectivity index (χ4n) is 2.20. The van der Waals surface area contributed by atoms with Crippen molar-refractivity contribution in [1.29, 1.82) is 0 Å². The van der Waals surface area contributed by atoms with E-state index >= 15 is 0 Å². The van der Waals surface area contributed by atoms with Gasteiger partial charge in [-0.3, -0.25) is 0 Å². The third kappa shape index (κ3) is 4.22. The highest BCUT2D eigenvalue weighted by Gasteiger charge is 2.24. The van der Waals surface area contributed by atoms with Crippen molar-refractivity contribution in [2.45, 2.75) is 46.1 Å². The zero-order chi connectivity index (χ0) is 14.6. The van der Waals surface area contributed by atoms with E-state index in [1.54, 1.807) is 7.11 Å². The molecule has 3 heteroatoms. The lowest BCUT2D eigenvalue weighted by molar-refractivity contribution is 0.384. The Morgan fingerprint density at radius 1 is 1.26 bits per heavy atom. The van der Waals surface area contributed by atoms with E-state index in [1.165, 1.54) is 16.7 Å². The first kappa shape index (κ1) is 16.0. The van der Waals surface area contributed by atoms with Crippen LogP contribution in [0.5, 0.6) is 5.75 Å². The lowest BCUT2D eigenvalue weighted by atomic mass is 9.82. The molecule has 19 heavy (non-hydrogen) atoms. The lowest BCUT2D eigenvalue weighted by Gasteiger charge is -2.29. The van der Waals surface area contributed by atoms with Gasteiger partial charge in [0, 0.05) is 30.1 Å². The number of rotatable bonds is 6. The predicted molar refractivity (Wildman–Crippen MR) is 82.0 cm³/mol. The van der Waals surface area contributed by atoms with E-state index in [1.807, 2.05) is 6.92 Å². The van der Waals surface area contributed by atoms with Gasteiger partial charge in [-0.15, -0.1) is 0 Å². The van der Waals surface area contributed by atoms with Gasteiger partial charge in [0.2, 0.25) is 0 Å². The maximum atomic E-state index is 5.77. The fraction of sp³-hybridized carbons (Fsp3) is 0.625. The molecule has 0 aliphatic rings. The van der Waals surface area contributed by atoms with Crippen LogP contribution >= 0.6 is 0 Å². The Bertz CT molecular complexity index is 425. The van der Waals surface area contributed by atoms with Crippen molar-refractivity contribution in [2.75, 3.05) is 20.2 Å². The van der Waals surface area contributed by atoms with E-state index in [9.17, 15) is 0 Å². The van der Waals surface area contributed by atoms with Crippen molar-refractivity contribution in [2.24, 2.45) is 5.73 Å². The summed E-state index contributed by atoms with van der Waals surface area (Å²) in [7, 11) is 1.74. The van der Waals surface area contributed by atoms with Crippen LogP contribution in [0.3, 0.4) is 0 Å². The molecule has 108 valence electrons. The molecule has 0 aliphatic heterocycles. The Balaban J connectivity index is 2.96. The molecular weight excluding hydrogens is 236 g/mol. The Labute approximate surface area is 117 Å². The first-order valence-corrected chi connectivity index (χ1v) is 6.90. The minimum atomic E-state index is 0.0126. The molecule has 0 aromatic heterocycles. The van der Waals surface area contributed by atoms with Crippen LogP contribution in [0.15, 0.2) is 12.1 Å². The van der Waals surface area contributed by atoms with E-state index in [0.717, 1.165) is 18.8 Å². The molecule has 0 saturated heterocycles. The standard InChI is InChI=1S/C16H28N2O/c1-11-7-14(15(19-6)8-12(11)2)16(4,5)10-18-9-13(3)17/h7-8,13,18H,9-10,17H2,1-6H3. The summed E-state index contributed by atoms with van der Waals surface area (Å²) in [6, 6.07) is 4.54. The molecule has 3 nitrogen and oxygen atoms in total. The first-order valence-electron chi connectivity index (χ1n) is 6.90. The molecule has 1 aromatic carbocycles. The molecular formula is C16H28N2O. The van der Waals surface area contributed by atoms with Gasteiger partial charge >= 0.3 is 0 Å². The van der Waals surface area contributed by atoms with Crippen LogP contribution in [-0.2, 0) is 5.41 Å². The maximum absolute atomic E-state index is 5.77. The molecule has 0 saturated carbocycles.